The topological polar surface area (TPSA) is 47.6 Å². The molecule has 0 aliphatic carbocycles. The average Bonchev–Trinajstić information content (AvgIpc) is 2.37. The molecule has 0 bridgehead atoms. The van der Waals surface area contributed by atoms with Gasteiger partial charge in [0.05, 0.1) is 6.61 Å². The molecule has 0 amide bonds. The van der Waals surface area contributed by atoms with Gasteiger partial charge in [0, 0.05) is 6.04 Å². The molecule has 4 nitrogen and oxygen atoms in total. The molecule has 0 aliphatic heterocycles. The van der Waals surface area contributed by atoms with Crippen molar-refractivity contribution in [1.29, 1.82) is 0 Å². The maximum absolute atomic E-state index is 12.2. The van der Waals surface area contributed by atoms with Crippen LogP contribution >= 0.6 is 0 Å². The van der Waals surface area contributed by atoms with Crippen molar-refractivity contribution in [2.75, 3.05) is 13.2 Å². The molecule has 1 unspecified atom stereocenters. The van der Waals surface area contributed by atoms with Gasteiger partial charge in [-0.1, -0.05) is 18.2 Å². The molecule has 1 aromatic rings. The zero-order chi connectivity index (χ0) is 16.0. The molecule has 1 N–H and O–H groups in total. The van der Waals surface area contributed by atoms with E-state index in [1.165, 1.54) is 0 Å². The second-order valence-electron chi connectivity index (χ2n) is 5.86. The number of aryl methyl sites for hydroxylation is 2. The van der Waals surface area contributed by atoms with Crippen LogP contribution in [0.2, 0.25) is 0 Å². The van der Waals surface area contributed by atoms with E-state index in [1.54, 1.807) is 6.92 Å². The predicted octanol–water partition coefficient (Wildman–Crippen LogP) is 3.00. The molecule has 0 spiro atoms. The lowest BCUT2D eigenvalue weighted by molar-refractivity contribution is -0.152. The number of hydrogen-bond donors (Lipinski definition) is 1. The average molecular weight is 293 g/mol. The van der Waals surface area contributed by atoms with E-state index in [0.717, 1.165) is 16.9 Å². The van der Waals surface area contributed by atoms with Gasteiger partial charge in [0.15, 0.2) is 0 Å². The van der Waals surface area contributed by atoms with E-state index in [1.807, 2.05) is 52.8 Å². The first kappa shape index (κ1) is 17.5. The lowest BCUT2D eigenvalue weighted by atomic mass is 10.0. The molecule has 0 saturated heterocycles. The Balaban J connectivity index is 2.89. The van der Waals surface area contributed by atoms with Crippen molar-refractivity contribution in [3.05, 3.63) is 29.3 Å². The van der Waals surface area contributed by atoms with Crippen LogP contribution in [0.25, 0.3) is 0 Å². The predicted molar refractivity (Wildman–Crippen MR) is 84.7 cm³/mol. The van der Waals surface area contributed by atoms with Gasteiger partial charge in [0.25, 0.3) is 0 Å². The van der Waals surface area contributed by atoms with Crippen LogP contribution in [0.5, 0.6) is 5.75 Å². The Morgan fingerprint density at radius 3 is 2.33 bits per heavy atom. The summed E-state index contributed by atoms with van der Waals surface area (Å²) in [6.45, 7) is 12.2. The van der Waals surface area contributed by atoms with Gasteiger partial charge in [-0.05, 0) is 52.7 Å². The van der Waals surface area contributed by atoms with Crippen LogP contribution in [0, 0.1) is 13.8 Å². The largest absolute Gasteiger partial charge is 0.490 e. The summed E-state index contributed by atoms with van der Waals surface area (Å²) in [6, 6.07) is 6.15. The Bertz CT molecular complexity index is 465. The zero-order valence-corrected chi connectivity index (χ0v) is 13.9. The van der Waals surface area contributed by atoms with E-state index in [0.29, 0.717) is 6.61 Å². The van der Waals surface area contributed by atoms with Crippen molar-refractivity contribution < 1.29 is 14.3 Å². The van der Waals surface area contributed by atoms with E-state index in [9.17, 15) is 4.79 Å². The van der Waals surface area contributed by atoms with E-state index in [4.69, 9.17) is 9.47 Å². The fourth-order valence-electron chi connectivity index (χ4n) is 2.33. The van der Waals surface area contributed by atoms with Crippen LogP contribution < -0.4 is 10.1 Å². The molecule has 1 rings (SSSR count). The van der Waals surface area contributed by atoms with Crippen molar-refractivity contribution in [3.63, 3.8) is 0 Å². The number of carbonyl (C=O) groups excluding carboxylic acids is 1. The van der Waals surface area contributed by atoms with Crippen molar-refractivity contribution in [2.24, 2.45) is 0 Å². The van der Waals surface area contributed by atoms with Crippen LogP contribution in [-0.4, -0.2) is 30.8 Å². The number of para-hydroxylation sites is 1. The minimum atomic E-state index is -0.862. The summed E-state index contributed by atoms with van der Waals surface area (Å²) < 4.78 is 11.1. The summed E-state index contributed by atoms with van der Waals surface area (Å²) in [5.41, 5.74) is 1.26. The Kier molecular flexibility index (Phi) is 6.21. The van der Waals surface area contributed by atoms with E-state index in [2.05, 4.69) is 5.32 Å². The zero-order valence-electron chi connectivity index (χ0n) is 13.9. The van der Waals surface area contributed by atoms with Crippen LogP contribution in [0.15, 0.2) is 18.2 Å². The number of benzene rings is 1. The summed E-state index contributed by atoms with van der Waals surface area (Å²) in [5.74, 6) is 0.545. The lowest BCUT2D eigenvalue weighted by Crippen LogP contribution is -2.57. The fraction of sp³-hybridized carbons (Fsp3) is 0.588. The number of ether oxygens (including phenoxy) is 2. The first-order valence-electron chi connectivity index (χ1n) is 7.44. The highest BCUT2D eigenvalue weighted by Crippen LogP contribution is 2.24. The molecule has 0 aliphatic rings. The Morgan fingerprint density at radius 1 is 1.29 bits per heavy atom. The van der Waals surface area contributed by atoms with Gasteiger partial charge in [-0.25, -0.2) is 4.79 Å². The minimum absolute atomic E-state index is 0.154. The summed E-state index contributed by atoms with van der Waals surface area (Å²) in [4.78, 5) is 12.2. The summed E-state index contributed by atoms with van der Waals surface area (Å²) in [5, 5.41) is 3.25. The van der Waals surface area contributed by atoms with Crippen molar-refractivity contribution in [3.8, 4) is 5.75 Å². The van der Waals surface area contributed by atoms with Crippen LogP contribution in [-0.2, 0) is 9.53 Å². The maximum atomic E-state index is 12.2. The molecular weight excluding hydrogens is 266 g/mol. The molecule has 1 atom stereocenters. The quantitative estimate of drug-likeness (QED) is 0.785. The van der Waals surface area contributed by atoms with Crippen LogP contribution in [0.4, 0.5) is 0 Å². The van der Waals surface area contributed by atoms with Crippen molar-refractivity contribution >= 4 is 5.97 Å². The SMILES string of the molecule is CCOC(=O)C(C)(COc1c(C)cccc1C)NC(C)C. The highest BCUT2D eigenvalue weighted by Gasteiger charge is 2.36. The van der Waals surface area contributed by atoms with Gasteiger partial charge in [0.2, 0.25) is 0 Å². The molecule has 0 radical (unpaired) electrons. The molecule has 0 fully saturated rings. The third-order valence-electron chi connectivity index (χ3n) is 3.25. The van der Waals surface area contributed by atoms with Gasteiger partial charge in [-0.15, -0.1) is 0 Å². The van der Waals surface area contributed by atoms with Gasteiger partial charge < -0.3 is 9.47 Å². The standard InChI is InChI=1S/C17H27NO3/c1-7-20-16(19)17(6,18-12(2)3)11-21-15-13(4)9-8-10-14(15)5/h8-10,12,18H,7,11H2,1-6H3. The third kappa shape index (κ3) is 4.74. The van der Waals surface area contributed by atoms with Crippen LogP contribution in [0.3, 0.4) is 0 Å². The molecular formula is C17H27NO3. The number of nitrogens with one attached hydrogen (secondary N) is 1. The van der Waals surface area contributed by atoms with E-state index < -0.39 is 5.54 Å². The summed E-state index contributed by atoms with van der Waals surface area (Å²) >= 11 is 0. The van der Waals surface area contributed by atoms with E-state index in [-0.39, 0.29) is 18.6 Å². The highest BCUT2D eigenvalue weighted by molar-refractivity contribution is 5.80. The van der Waals surface area contributed by atoms with Crippen molar-refractivity contribution in [1.82, 2.24) is 5.32 Å². The van der Waals surface area contributed by atoms with Crippen molar-refractivity contribution in [2.45, 2.75) is 53.1 Å². The van der Waals surface area contributed by atoms with Gasteiger partial charge in [-0.3, -0.25) is 5.32 Å². The second-order valence-corrected chi connectivity index (χ2v) is 5.86. The number of carbonyl (C=O) groups is 1. The maximum Gasteiger partial charge on any atom is 0.329 e. The van der Waals surface area contributed by atoms with Gasteiger partial charge >= 0.3 is 5.97 Å². The monoisotopic (exact) mass is 293 g/mol. The number of hydrogen-bond acceptors (Lipinski definition) is 4. The molecule has 0 aromatic heterocycles. The Morgan fingerprint density at radius 2 is 1.86 bits per heavy atom. The smallest absolute Gasteiger partial charge is 0.329 e. The minimum Gasteiger partial charge on any atom is -0.490 e. The fourth-order valence-corrected chi connectivity index (χ4v) is 2.33. The molecule has 21 heavy (non-hydrogen) atoms. The Labute approximate surface area is 127 Å². The molecule has 1 aromatic carbocycles. The number of rotatable bonds is 7. The normalized spacial score (nSPS) is 13.9. The van der Waals surface area contributed by atoms with Gasteiger partial charge in [0.1, 0.15) is 17.9 Å². The van der Waals surface area contributed by atoms with Gasteiger partial charge in [-0.2, -0.15) is 0 Å². The summed E-state index contributed by atoms with van der Waals surface area (Å²) in [6.07, 6.45) is 0. The summed E-state index contributed by atoms with van der Waals surface area (Å²) in [7, 11) is 0. The first-order chi connectivity index (χ1) is 9.80. The molecule has 0 saturated carbocycles. The molecule has 118 valence electrons. The lowest BCUT2D eigenvalue weighted by Gasteiger charge is -2.31. The molecule has 0 heterocycles. The number of esters is 1. The molecule has 4 heteroatoms. The highest BCUT2D eigenvalue weighted by atomic mass is 16.5. The van der Waals surface area contributed by atoms with Crippen LogP contribution in [0.1, 0.15) is 38.8 Å². The Hall–Kier alpha value is -1.55. The third-order valence-corrected chi connectivity index (χ3v) is 3.25. The first-order valence-corrected chi connectivity index (χ1v) is 7.44. The second kappa shape index (κ2) is 7.46. The van der Waals surface area contributed by atoms with E-state index >= 15 is 0 Å².